The van der Waals surface area contributed by atoms with Crippen molar-refractivity contribution in [2.24, 2.45) is 0 Å². The second-order valence-electron chi connectivity index (χ2n) is 6.45. The van der Waals surface area contributed by atoms with Crippen LogP contribution in [-0.2, 0) is 19.1 Å². The number of rotatable bonds is 5. The molecule has 0 unspecified atom stereocenters. The molecular weight excluding hydrogens is 330 g/mol. The SMILES string of the molecule is CC(C)(C)OC(=O)N[C@@H](CC(=O)O)CN1C(=O)CCC(F)(F)C1=O. The van der Waals surface area contributed by atoms with E-state index in [1.165, 1.54) is 0 Å². The van der Waals surface area contributed by atoms with E-state index in [4.69, 9.17) is 9.84 Å². The molecule has 1 aliphatic heterocycles. The van der Waals surface area contributed by atoms with Crippen LogP contribution in [0.15, 0.2) is 0 Å². The smallest absolute Gasteiger partial charge is 0.407 e. The third kappa shape index (κ3) is 5.74. The number of aliphatic carboxylic acids is 1. The summed E-state index contributed by atoms with van der Waals surface area (Å²) in [5, 5.41) is 11.1. The number of hydrogen-bond acceptors (Lipinski definition) is 5. The lowest BCUT2D eigenvalue weighted by atomic mass is 10.0. The van der Waals surface area contributed by atoms with Crippen LogP contribution in [0, 0.1) is 0 Å². The van der Waals surface area contributed by atoms with E-state index in [1.807, 2.05) is 0 Å². The summed E-state index contributed by atoms with van der Waals surface area (Å²) in [7, 11) is 0. The number of imide groups is 1. The van der Waals surface area contributed by atoms with Crippen LogP contribution >= 0.6 is 0 Å². The van der Waals surface area contributed by atoms with Crippen LogP contribution in [0.25, 0.3) is 0 Å². The van der Waals surface area contributed by atoms with Crippen LogP contribution in [-0.4, -0.2) is 58.0 Å². The minimum Gasteiger partial charge on any atom is -0.481 e. The largest absolute Gasteiger partial charge is 0.481 e. The van der Waals surface area contributed by atoms with Crippen molar-refractivity contribution in [2.75, 3.05) is 6.54 Å². The number of carboxylic acids is 1. The Bertz CT molecular complexity index is 544. The molecule has 3 amide bonds. The van der Waals surface area contributed by atoms with Crippen molar-refractivity contribution in [3.8, 4) is 0 Å². The average Bonchev–Trinajstić information content (AvgIpc) is 2.36. The fourth-order valence-corrected chi connectivity index (χ4v) is 2.07. The summed E-state index contributed by atoms with van der Waals surface area (Å²) in [5.41, 5.74) is -0.859. The van der Waals surface area contributed by atoms with Crippen LogP contribution in [0.4, 0.5) is 13.6 Å². The van der Waals surface area contributed by atoms with Gasteiger partial charge in [-0.3, -0.25) is 19.3 Å². The Morgan fingerprint density at radius 3 is 2.46 bits per heavy atom. The molecule has 0 saturated carbocycles. The molecule has 8 nitrogen and oxygen atoms in total. The van der Waals surface area contributed by atoms with Crippen molar-refractivity contribution in [3.05, 3.63) is 0 Å². The molecule has 0 aliphatic carbocycles. The Morgan fingerprint density at radius 2 is 1.96 bits per heavy atom. The summed E-state index contributed by atoms with van der Waals surface area (Å²) >= 11 is 0. The van der Waals surface area contributed by atoms with Crippen molar-refractivity contribution < 1.29 is 37.8 Å². The number of carbonyl (C=O) groups excluding carboxylic acids is 3. The molecule has 0 radical (unpaired) electrons. The number of nitrogens with zero attached hydrogens (tertiary/aromatic N) is 1. The number of hydrogen-bond donors (Lipinski definition) is 2. The minimum absolute atomic E-state index is 0.286. The van der Waals surface area contributed by atoms with Gasteiger partial charge in [-0.15, -0.1) is 0 Å². The van der Waals surface area contributed by atoms with Gasteiger partial charge in [0.25, 0.3) is 5.91 Å². The zero-order valence-corrected chi connectivity index (χ0v) is 13.6. The van der Waals surface area contributed by atoms with Gasteiger partial charge in [0.15, 0.2) is 0 Å². The summed E-state index contributed by atoms with van der Waals surface area (Å²) in [6.07, 6.45) is -3.06. The normalized spacial score (nSPS) is 19.0. The molecule has 0 spiro atoms. The van der Waals surface area contributed by atoms with Gasteiger partial charge < -0.3 is 15.2 Å². The first kappa shape index (κ1) is 19.8. The Labute approximate surface area is 137 Å². The summed E-state index contributed by atoms with van der Waals surface area (Å²) in [6.45, 7) is 4.07. The monoisotopic (exact) mass is 350 g/mol. The lowest BCUT2D eigenvalue weighted by Gasteiger charge is -2.32. The molecule has 1 rings (SSSR count). The average molecular weight is 350 g/mol. The van der Waals surface area contributed by atoms with Gasteiger partial charge in [-0.25, -0.2) is 4.79 Å². The van der Waals surface area contributed by atoms with Crippen LogP contribution in [0.3, 0.4) is 0 Å². The third-order valence-electron chi connectivity index (χ3n) is 3.06. The van der Waals surface area contributed by atoms with Gasteiger partial charge in [-0.2, -0.15) is 8.78 Å². The van der Waals surface area contributed by atoms with Gasteiger partial charge >= 0.3 is 18.0 Å². The van der Waals surface area contributed by atoms with Gasteiger partial charge in [0, 0.05) is 19.4 Å². The molecule has 1 heterocycles. The zero-order valence-electron chi connectivity index (χ0n) is 13.6. The lowest BCUT2D eigenvalue weighted by molar-refractivity contribution is -0.172. The minimum atomic E-state index is -3.69. The summed E-state index contributed by atoms with van der Waals surface area (Å²) < 4.78 is 31.8. The Hall–Kier alpha value is -2.26. The van der Waals surface area contributed by atoms with E-state index in [0.717, 1.165) is 0 Å². The highest BCUT2D eigenvalue weighted by molar-refractivity contribution is 6.01. The number of ether oxygens (including phenoxy) is 1. The molecule has 1 fully saturated rings. The quantitative estimate of drug-likeness (QED) is 0.719. The number of alkyl carbamates (subject to hydrolysis) is 1. The predicted molar refractivity (Wildman–Crippen MR) is 76.3 cm³/mol. The van der Waals surface area contributed by atoms with E-state index in [9.17, 15) is 28.0 Å². The molecular formula is C14H20F2N2O6. The fourth-order valence-electron chi connectivity index (χ4n) is 2.07. The number of nitrogens with one attached hydrogen (secondary N) is 1. The van der Waals surface area contributed by atoms with E-state index < -0.39 is 67.2 Å². The van der Waals surface area contributed by atoms with Crippen molar-refractivity contribution in [1.82, 2.24) is 10.2 Å². The third-order valence-corrected chi connectivity index (χ3v) is 3.06. The lowest BCUT2D eigenvalue weighted by Crippen LogP contribution is -2.56. The number of carboxylic acid groups (broad SMARTS) is 1. The maximum atomic E-state index is 13.4. The van der Waals surface area contributed by atoms with Crippen LogP contribution < -0.4 is 5.32 Å². The van der Waals surface area contributed by atoms with Crippen molar-refractivity contribution >= 4 is 23.9 Å². The molecule has 1 atom stereocenters. The summed E-state index contributed by atoms with van der Waals surface area (Å²) in [4.78, 5) is 46.3. The molecule has 1 saturated heterocycles. The first-order valence-electron chi connectivity index (χ1n) is 7.26. The van der Waals surface area contributed by atoms with Gasteiger partial charge in [0.2, 0.25) is 5.91 Å². The van der Waals surface area contributed by atoms with E-state index in [-0.39, 0.29) is 4.90 Å². The van der Waals surface area contributed by atoms with Crippen molar-refractivity contribution in [1.29, 1.82) is 0 Å². The molecule has 136 valence electrons. The maximum Gasteiger partial charge on any atom is 0.407 e. The highest BCUT2D eigenvalue weighted by atomic mass is 19.3. The van der Waals surface area contributed by atoms with Gasteiger partial charge in [-0.1, -0.05) is 0 Å². The number of piperidine rings is 1. The first-order chi connectivity index (χ1) is 10.8. The standard InChI is InChI=1S/C14H20F2N2O6/c1-13(2,3)24-12(23)17-8(6-10(20)21)7-18-9(19)4-5-14(15,16)11(18)22/h8H,4-7H2,1-3H3,(H,17,23)(H,20,21)/t8-/m0/s1. The Kier molecular flexibility index (Phi) is 5.85. The first-order valence-corrected chi connectivity index (χ1v) is 7.26. The van der Waals surface area contributed by atoms with E-state index in [2.05, 4.69) is 5.32 Å². The number of amides is 3. The van der Waals surface area contributed by atoms with Gasteiger partial charge in [-0.05, 0) is 20.8 Å². The maximum absolute atomic E-state index is 13.4. The molecule has 0 bridgehead atoms. The summed E-state index contributed by atoms with van der Waals surface area (Å²) in [5.74, 6) is -7.56. The highest BCUT2D eigenvalue weighted by Crippen LogP contribution is 2.29. The van der Waals surface area contributed by atoms with E-state index in [1.54, 1.807) is 20.8 Å². The fraction of sp³-hybridized carbons (Fsp3) is 0.714. The topological polar surface area (TPSA) is 113 Å². The molecule has 1 aliphatic rings. The number of carbonyl (C=O) groups is 4. The van der Waals surface area contributed by atoms with Gasteiger partial charge in [0.05, 0.1) is 12.5 Å². The van der Waals surface area contributed by atoms with Crippen molar-refractivity contribution in [2.45, 2.75) is 57.6 Å². The van der Waals surface area contributed by atoms with Crippen LogP contribution in [0.2, 0.25) is 0 Å². The van der Waals surface area contributed by atoms with Crippen LogP contribution in [0.1, 0.15) is 40.0 Å². The predicted octanol–water partition coefficient (Wildman–Crippen LogP) is 1.14. The second-order valence-corrected chi connectivity index (χ2v) is 6.45. The molecule has 10 heteroatoms. The van der Waals surface area contributed by atoms with E-state index >= 15 is 0 Å². The van der Waals surface area contributed by atoms with E-state index in [0.29, 0.717) is 0 Å². The number of halogens is 2. The summed E-state index contributed by atoms with van der Waals surface area (Å²) in [6, 6.07) is -1.25. The Morgan fingerprint density at radius 1 is 1.38 bits per heavy atom. The van der Waals surface area contributed by atoms with Gasteiger partial charge in [0.1, 0.15) is 5.60 Å². The van der Waals surface area contributed by atoms with Crippen LogP contribution in [0.5, 0.6) is 0 Å². The second kappa shape index (κ2) is 7.10. The highest BCUT2D eigenvalue weighted by Gasteiger charge is 2.48. The molecule has 0 aromatic carbocycles. The number of likely N-dealkylation sites (tertiary alicyclic amines) is 1. The number of alkyl halides is 2. The molecule has 24 heavy (non-hydrogen) atoms. The molecule has 2 N–H and O–H groups in total. The zero-order chi connectivity index (χ0) is 18.7. The van der Waals surface area contributed by atoms with Crippen molar-refractivity contribution in [3.63, 3.8) is 0 Å². The molecule has 0 aromatic heterocycles. The molecule has 0 aromatic rings. The Balaban J connectivity index is 2.85.